The van der Waals surface area contributed by atoms with Crippen LogP contribution < -0.4 is 14.4 Å². The molecular weight excluding hydrogens is 464 g/mol. The van der Waals surface area contributed by atoms with Crippen LogP contribution in [-0.4, -0.2) is 25.1 Å². The highest BCUT2D eigenvalue weighted by Crippen LogP contribution is 2.36. The highest BCUT2D eigenvalue weighted by Gasteiger charge is 2.26. The van der Waals surface area contributed by atoms with Crippen molar-refractivity contribution in [3.63, 3.8) is 0 Å². The maximum absolute atomic E-state index is 13.7. The number of nitrogens with zero attached hydrogens (tertiary/aromatic N) is 2. The van der Waals surface area contributed by atoms with Gasteiger partial charge in [-0.3, -0.25) is 9.69 Å². The van der Waals surface area contributed by atoms with Gasteiger partial charge >= 0.3 is 0 Å². The zero-order valence-electron chi connectivity index (χ0n) is 16.5. The molecule has 1 aromatic heterocycles. The molecule has 4 aromatic rings. The van der Waals surface area contributed by atoms with Gasteiger partial charge in [-0.15, -0.1) is 0 Å². The summed E-state index contributed by atoms with van der Waals surface area (Å²) in [5.41, 5.74) is 2.28. The van der Waals surface area contributed by atoms with E-state index in [-0.39, 0.29) is 5.91 Å². The van der Waals surface area contributed by atoms with E-state index in [9.17, 15) is 4.79 Å². The Morgan fingerprint density at radius 1 is 1.03 bits per heavy atom. The molecule has 0 unspecified atom stereocenters. The van der Waals surface area contributed by atoms with Gasteiger partial charge in [0.05, 0.1) is 36.5 Å². The summed E-state index contributed by atoms with van der Waals surface area (Å²) < 4.78 is 12.9. The van der Waals surface area contributed by atoms with Crippen LogP contribution in [0.4, 0.5) is 5.13 Å². The monoisotopic (exact) mass is 482 g/mol. The molecule has 0 saturated carbocycles. The van der Waals surface area contributed by atoms with Crippen LogP contribution in [-0.2, 0) is 6.54 Å². The first kappa shape index (κ1) is 20.4. The molecule has 30 heavy (non-hydrogen) atoms. The number of methoxy groups -OCH3 is 2. The van der Waals surface area contributed by atoms with Gasteiger partial charge in [0.1, 0.15) is 0 Å². The number of ether oxygens (including phenoxy) is 2. The summed E-state index contributed by atoms with van der Waals surface area (Å²) in [5, 5.41) is 0.627. The number of hydrogen-bond acceptors (Lipinski definition) is 5. The molecule has 0 spiro atoms. The van der Waals surface area contributed by atoms with Crippen molar-refractivity contribution in [3.8, 4) is 11.5 Å². The van der Waals surface area contributed by atoms with Crippen molar-refractivity contribution >= 4 is 48.5 Å². The number of rotatable bonds is 6. The molecule has 4 rings (SSSR count). The number of thiazole rings is 1. The summed E-state index contributed by atoms with van der Waals surface area (Å²) >= 11 is 4.98. The van der Waals surface area contributed by atoms with Crippen molar-refractivity contribution in [2.75, 3.05) is 19.1 Å². The Morgan fingerprint density at radius 2 is 1.83 bits per heavy atom. The quantitative estimate of drug-likeness (QED) is 0.342. The molecule has 0 aliphatic heterocycles. The van der Waals surface area contributed by atoms with Crippen molar-refractivity contribution in [3.05, 3.63) is 82.3 Å². The Kier molecular flexibility index (Phi) is 6.01. The summed E-state index contributed by atoms with van der Waals surface area (Å²) in [5.74, 6) is 0.718. The Hall–Kier alpha value is -2.90. The number of para-hydroxylation sites is 1. The van der Waals surface area contributed by atoms with Gasteiger partial charge in [0.2, 0.25) is 0 Å². The molecule has 0 saturated heterocycles. The molecule has 0 atom stereocenters. The number of benzene rings is 3. The minimum Gasteiger partial charge on any atom is -0.493 e. The average molecular weight is 483 g/mol. The van der Waals surface area contributed by atoms with Gasteiger partial charge in [0.15, 0.2) is 16.6 Å². The van der Waals surface area contributed by atoms with Crippen molar-refractivity contribution in [1.82, 2.24) is 4.98 Å². The first-order valence-corrected chi connectivity index (χ1v) is 10.8. The second-order valence-corrected chi connectivity index (χ2v) is 8.45. The SMILES string of the molecule is COc1cccc(C(=O)N(Cc2ccccc2)c2nc3ccc(Br)cc3s2)c1OC. The van der Waals surface area contributed by atoms with Crippen molar-refractivity contribution in [2.45, 2.75) is 6.54 Å². The molecule has 7 heteroatoms. The van der Waals surface area contributed by atoms with Gasteiger partial charge in [-0.2, -0.15) is 0 Å². The number of halogens is 1. The van der Waals surface area contributed by atoms with Crippen LogP contribution in [0, 0.1) is 0 Å². The van der Waals surface area contributed by atoms with Crippen molar-refractivity contribution in [2.24, 2.45) is 0 Å². The van der Waals surface area contributed by atoms with E-state index in [2.05, 4.69) is 15.9 Å². The average Bonchev–Trinajstić information content (AvgIpc) is 3.19. The van der Waals surface area contributed by atoms with Crippen LogP contribution in [0.3, 0.4) is 0 Å². The first-order chi connectivity index (χ1) is 14.6. The predicted molar refractivity (Wildman–Crippen MR) is 124 cm³/mol. The predicted octanol–water partition coefficient (Wildman–Crippen LogP) is 5.92. The molecule has 3 aromatic carbocycles. The maximum atomic E-state index is 13.7. The molecule has 0 N–H and O–H groups in total. The van der Waals surface area contributed by atoms with Gasteiger partial charge in [0.25, 0.3) is 5.91 Å². The summed E-state index contributed by atoms with van der Waals surface area (Å²) in [6.45, 7) is 0.390. The summed E-state index contributed by atoms with van der Waals surface area (Å²) in [4.78, 5) is 20.1. The number of carbonyl (C=O) groups excluding carboxylic acids is 1. The molecule has 0 aliphatic carbocycles. The van der Waals surface area contributed by atoms with Gasteiger partial charge < -0.3 is 9.47 Å². The highest BCUT2D eigenvalue weighted by molar-refractivity contribution is 9.10. The number of aromatic nitrogens is 1. The second-order valence-electron chi connectivity index (χ2n) is 6.53. The minimum atomic E-state index is -0.201. The van der Waals surface area contributed by atoms with Crippen LogP contribution in [0.1, 0.15) is 15.9 Å². The van der Waals surface area contributed by atoms with E-state index >= 15 is 0 Å². The highest BCUT2D eigenvalue weighted by atomic mass is 79.9. The van der Waals surface area contributed by atoms with E-state index in [1.807, 2.05) is 48.5 Å². The Bertz CT molecular complexity index is 1190. The number of carbonyl (C=O) groups is 1. The number of fused-ring (bicyclic) bond motifs is 1. The van der Waals surface area contributed by atoms with Gasteiger partial charge in [-0.1, -0.05) is 63.7 Å². The molecular formula is C23H19BrN2O3S. The molecule has 0 fully saturated rings. The van der Waals surface area contributed by atoms with Gasteiger partial charge in [0, 0.05) is 4.47 Å². The van der Waals surface area contributed by atoms with Crippen LogP contribution >= 0.6 is 27.3 Å². The van der Waals surface area contributed by atoms with Crippen LogP contribution in [0.15, 0.2) is 71.2 Å². The minimum absolute atomic E-state index is 0.201. The third-order valence-corrected chi connectivity index (χ3v) is 6.17. The van der Waals surface area contributed by atoms with Crippen LogP contribution in [0.25, 0.3) is 10.2 Å². The normalized spacial score (nSPS) is 10.8. The lowest BCUT2D eigenvalue weighted by Gasteiger charge is -2.22. The zero-order chi connectivity index (χ0) is 21.1. The van der Waals surface area contributed by atoms with Crippen molar-refractivity contribution in [1.29, 1.82) is 0 Å². The maximum Gasteiger partial charge on any atom is 0.264 e. The third-order valence-electron chi connectivity index (χ3n) is 4.63. The third kappa shape index (κ3) is 4.04. The van der Waals surface area contributed by atoms with Crippen molar-refractivity contribution < 1.29 is 14.3 Å². The Labute approximate surface area is 187 Å². The summed E-state index contributed by atoms with van der Waals surface area (Å²) in [6, 6.07) is 21.0. The first-order valence-electron chi connectivity index (χ1n) is 9.23. The fraction of sp³-hybridized carbons (Fsp3) is 0.130. The summed E-state index contributed by atoms with van der Waals surface area (Å²) in [6.07, 6.45) is 0. The van der Waals surface area contributed by atoms with E-state index in [4.69, 9.17) is 14.5 Å². The van der Waals surface area contributed by atoms with Crippen LogP contribution in [0.2, 0.25) is 0 Å². The Morgan fingerprint density at radius 3 is 2.57 bits per heavy atom. The zero-order valence-corrected chi connectivity index (χ0v) is 18.9. The van der Waals surface area contributed by atoms with E-state index in [1.165, 1.54) is 18.4 Å². The Balaban J connectivity index is 1.81. The standard InChI is InChI=1S/C23H19BrN2O3S/c1-28-19-10-6-9-17(21(19)29-2)22(27)26(14-15-7-4-3-5-8-15)23-25-18-12-11-16(24)13-20(18)30-23/h3-13H,14H2,1-2H3. The molecule has 1 heterocycles. The molecule has 0 aliphatic rings. The molecule has 5 nitrogen and oxygen atoms in total. The molecule has 0 radical (unpaired) electrons. The smallest absolute Gasteiger partial charge is 0.264 e. The molecule has 0 bridgehead atoms. The van der Waals surface area contributed by atoms with E-state index in [1.54, 1.807) is 30.2 Å². The topological polar surface area (TPSA) is 51.7 Å². The molecule has 1 amide bonds. The largest absolute Gasteiger partial charge is 0.493 e. The lowest BCUT2D eigenvalue weighted by Crippen LogP contribution is -2.30. The lowest BCUT2D eigenvalue weighted by atomic mass is 10.1. The molecule has 152 valence electrons. The lowest BCUT2D eigenvalue weighted by molar-refractivity contribution is 0.0981. The van der Waals surface area contributed by atoms with E-state index < -0.39 is 0 Å². The van der Waals surface area contributed by atoms with Gasteiger partial charge in [-0.25, -0.2) is 4.98 Å². The fourth-order valence-corrected chi connectivity index (χ4v) is 4.71. The van der Waals surface area contributed by atoms with Crippen LogP contribution in [0.5, 0.6) is 11.5 Å². The number of anilines is 1. The summed E-state index contributed by atoms with van der Waals surface area (Å²) in [7, 11) is 3.09. The van der Waals surface area contributed by atoms with E-state index in [0.717, 1.165) is 20.3 Å². The number of amides is 1. The van der Waals surface area contributed by atoms with Gasteiger partial charge in [-0.05, 0) is 35.9 Å². The number of hydrogen-bond donors (Lipinski definition) is 0. The second kappa shape index (κ2) is 8.85. The van der Waals surface area contributed by atoms with E-state index in [0.29, 0.717) is 28.7 Å². The fourth-order valence-electron chi connectivity index (χ4n) is 3.19.